The summed E-state index contributed by atoms with van der Waals surface area (Å²) in [5.74, 6) is -1.19. The fourth-order valence-corrected chi connectivity index (χ4v) is 2.23. The minimum atomic E-state index is -1.19. The van der Waals surface area contributed by atoms with Crippen LogP contribution in [0.3, 0.4) is 0 Å². The lowest BCUT2D eigenvalue weighted by molar-refractivity contribution is -0.137. The first-order chi connectivity index (χ1) is 8.40. The van der Waals surface area contributed by atoms with Crippen molar-refractivity contribution in [2.45, 2.75) is 6.54 Å². The predicted molar refractivity (Wildman–Crippen MR) is 71.9 cm³/mol. The zero-order valence-corrected chi connectivity index (χ0v) is 11.9. The number of aromatic amines is 1. The van der Waals surface area contributed by atoms with E-state index in [0.717, 1.165) is 4.57 Å². The minimum Gasteiger partial charge on any atom is -0.480 e. The number of carbonyl (C=O) groups is 1. The van der Waals surface area contributed by atoms with Crippen LogP contribution in [0.25, 0.3) is 11.0 Å². The molecule has 0 saturated heterocycles. The summed E-state index contributed by atoms with van der Waals surface area (Å²) in [5.41, 5.74) is -1.01. The van der Waals surface area contributed by atoms with Crippen LogP contribution in [0.4, 0.5) is 0 Å². The average Bonchev–Trinajstić information content (AvgIpc) is 2.28. The fraction of sp³-hybridized carbons (Fsp3) is 0.100. The molecule has 1 heterocycles. The monoisotopic (exact) mass is 376 g/mol. The van der Waals surface area contributed by atoms with Crippen LogP contribution in [0, 0.1) is 0 Å². The predicted octanol–water partition coefficient (Wildman–Crippen LogP) is 1.30. The Balaban J connectivity index is 2.92. The van der Waals surface area contributed by atoms with Crippen molar-refractivity contribution >= 4 is 48.9 Å². The Kier molecular flexibility index (Phi) is 3.40. The number of nitrogens with zero attached hydrogens (tertiary/aromatic N) is 1. The Morgan fingerprint density at radius 1 is 1.28 bits per heavy atom. The van der Waals surface area contributed by atoms with Crippen LogP contribution in [0.5, 0.6) is 0 Å². The molecule has 2 aromatic rings. The largest absolute Gasteiger partial charge is 0.480 e. The summed E-state index contributed by atoms with van der Waals surface area (Å²) >= 11 is 6.52. The van der Waals surface area contributed by atoms with Gasteiger partial charge in [0, 0.05) is 8.95 Å². The first-order valence-corrected chi connectivity index (χ1v) is 6.32. The van der Waals surface area contributed by atoms with Crippen LogP contribution in [0.15, 0.2) is 30.7 Å². The minimum absolute atomic E-state index is 0.345. The van der Waals surface area contributed by atoms with Crippen LogP contribution >= 0.6 is 31.9 Å². The molecule has 0 saturated carbocycles. The van der Waals surface area contributed by atoms with Gasteiger partial charge >= 0.3 is 17.1 Å². The van der Waals surface area contributed by atoms with Gasteiger partial charge in [0.1, 0.15) is 6.54 Å². The van der Waals surface area contributed by atoms with Crippen molar-refractivity contribution in [3.63, 3.8) is 0 Å². The number of aromatic nitrogens is 2. The lowest BCUT2D eigenvalue weighted by Gasteiger charge is -2.08. The van der Waals surface area contributed by atoms with Gasteiger partial charge in [0.2, 0.25) is 0 Å². The number of benzene rings is 1. The van der Waals surface area contributed by atoms with E-state index in [0.29, 0.717) is 20.0 Å². The van der Waals surface area contributed by atoms with Gasteiger partial charge in [0.15, 0.2) is 0 Å². The molecule has 1 aromatic heterocycles. The molecule has 0 radical (unpaired) electrons. The Morgan fingerprint density at radius 3 is 2.50 bits per heavy atom. The van der Waals surface area contributed by atoms with Gasteiger partial charge in [-0.1, -0.05) is 0 Å². The molecule has 0 aliphatic carbocycles. The molecule has 0 amide bonds. The summed E-state index contributed by atoms with van der Waals surface area (Å²) in [4.78, 5) is 36.2. The van der Waals surface area contributed by atoms with E-state index in [9.17, 15) is 14.4 Å². The zero-order chi connectivity index (χ0) is 13.4. The number of fused-ring (bicyclic) bond motifs is 1. The number of aliphatic carboxylic acids is 1. The smallest absolute Gasteiger partial charge is 0.323 e. The second kappa shape index (κ2) is 4.69. The molecule has 1 aromatic carbocycles. The lowest BCUT2D eigenvalue weighted by atomic mass is 10.3. The van der Waals surface area contributed by atoms with Gasteiger partial charge in [-0.25, -0.2) is 0 Å². The van der Waals surface area contributed by atoms with E-state index in [2.05, 4.69) is 36.8 Å². The van der Waals surface area contributed by atoms with Gasteiger partial charge in [-0.2, -0.15) is 0 Å². The third-order valence-electron chi connectivity index (χ3n) is 2.31. The van der Waals surface area contributed by atoms with Gasteiger partial charge in [0.25, 0.3) is 0 Å². The summed E-state index contributed by atoms with van der Waals surface area (Å²) < 4.78 is 2.26. The van der Waals surface area contributed by atoms with E-state index < -0.39 is 23.6 Å². The SMILES string of the molecule is O=C(O)Cn1c(=O)c(=O)[nH]c2cc(Br)c(Br)cc21. The molecule has 0 aliphatic rings. The van der Waals surface area contributed by atoms with Gasteiger partial charge in [-0.05, 0) is 44.0 Å². The molecule has 0 aliphatic heterocycles. The van der Waals surface area contributed by atoms with Crippen molar-refractivity contribution in [3.8, 4) is 0 Å². The highest BCUT2D eigenvalue weighted by Gasteiger charge is 2.12. The molecule has 8 heteroatoms. The van der Waals surface area contributed by atoms with Crippen LogP contribution < -0.4 is 11.1 Å². The highest BCUT2D eigenvalue weighted by Crippen LogP contribution is 2.26. The second-order valence-corrected chi connectivity index (χ2v) is 5.23. The van der Waals surface area contributed by atoms with Crippen molar-refractivity contribution in [1.29, 1.82) is 0 Å². The van der Waals surface area contributed by atoms with E-state index in [1.165, 1.54) is 0 Å². The molecule has 0 bridgehead atoms. The maximum atomic E-state index is 11.6. The topological polar surface area (TPSA) is 92.2 Å². The lowest BCUT2D eigenvalue weighted by Crippen LogP contribution is -2.37. The van der Waals surface area contributed by atoms with E-state index in [1.807, 2.05) is 0 Å². The van der Waals surface area contributed by atoms with Crippen molar-refractivity contribution in [2.75, 3.05) is 0 Å². The second-order valence-electron chi connectivity index (χ2n) is 3.52. The quantitative estimate of drug-likeness (QED) is 0.771. The summed E-state index contributed by atoms with van der Waals surface area (Å²) in [6.07, 6.45) is 0. The van der Waals surface area contributed by atoms with Crippen molar-refractivity contribution in [2.24, 2.45) is 0 Å². The number of H-pyrrole nitrogens is 1. The maximum absolute atomic E-state index is 11.6. The molecule has 0 spiro atoms. The molecular weight excluding hydrogens is 372 g/mol. The highest BCUT2D eigenvalue weighted by molar-refractivity contribution is 9.13. The van der Waals surface area contributed by atoms with Gasteiger partial charge < -0.3 is 10.1 Å². The van der Waals surface area contributed by atoms with Crippen molar-refractivity contribution < 1.29 is 9.90 Å². The standard InChI is InChI=1S/C10H6Br2N2O4/c11-4-1-6-7(2-5(4)12)14(3-8(15)16)10(18)9(17)13-6/h1-2H,3H2,(H,13,17)(H,15,16). The van der Waals surface area contributed by atoms with E-state index in [1.54, 1.807) is 12.1 Å². The van der Waals surface area contributed by atoms with E-state index in [4.69, 9.17) is 5.11 Å². The number of halogens is 2. The molecule has 18 heavy (non-hydrogen) atoms. The van der Waals surface area contributed by atoms with Crippen LogP contribution in [-0.2, 0) is 11.3 Å². The summed E-state index contributed by atoms with van der Waals surface area (Å²) in [5, 5.41) is 8.77. The number of nitrogens with one attached hydrogen (secondary N) is 1. The molecule has 0 unspecified atom stereocenters. The Labute approximate surface area is 117 Å². The molecule has 6 nitrogen and oxygen atoms in total. The van der Waals surface area contributed by atoms with Crippen molar-refractivity contribution in [1.82, 2.24) is 9.55 Å². The van der Waals surface area contributed by atoms with Crippen LogP contribution in [-0.4, -0.2) is 20.6 Å². The summed E-state index contributed by atoms with van der Waals surface area (Å²) in [7, 11) is 0. The molecule has 0 atom stereocenters. The fourth-order valence-electron chi connectivity index (χ4n) is 1.56. The third-order valence-corrected chi connectivity index (χ3v) is 4.15. The molecule has 94 valence electrons. The first-order valence-electron chi connectivity index (χ1n) is 4.74. The number of carboxylic acid groups (broad SMARTS) is 1. The Bertz CT molecular complexity index is 763. The number of rotatable bonds is 2. The molecule has 2 N–H and O–H groups in total. The Morgan fingerprint density at radius 2 is 1.89 bits per heavy atom. The van der Waals surface area contributed by atoms with Gasteiger partial charge in [-0.3, -0.25) is 19.0 Å². The van der Waals surface area contributed by atoms with Crippen LogP contribution in [0.2, 0.25) is 0 Å². The first kappa shape index (κ1) is 13.0. The molecular formula is C10H6Br2N2O4. The van der Waals surface area contributed by atoms with Gasteiger partial charge in [0.05, 0.1) is 11.0 Å². The average molecular weight is 378 g/mol. The highest BCUT2D eigenvalue weighted by atomic mass is 79.9. The van der Waals surface area contributed by atoms with Gasteiger partial charge in [-0.15, -0.1) is 0 Å². The summed E-state index contributed by atoms with van der Waals surface area (Å²) in [6.45, 7) is -0.562. The van der Waals surface area contributed by atoms with Crippen molar-refractivity contribution in [3.05, 3.63) is 41.8 Å². The van der Waals surface area contributed by atoms with E-state index in [-0.39, 0.29) is 0 Å². The molecule has 2 rings (SSSR count). The number of hydrogen-bond donors (Lipinski definition) is 2. The normalized spacial score (nSPS) is 10.8. The van der Waals surface area contributed by atoms with Crippen LogP contribution in [0.1, 0.15) is 0 Å². The summed E-state index contributed by atoms with van der Waals surface area (Å²) in [6, 6.07) is 3.16. The zero-order valence-electron chi connectivity index (χ0n) is 8.74. The third kappa shape index (κ3) is 2.25. The number of hydrogen-bond acceptors (Lipinski definition) is 3. The molecule has 0 fully saturated rings. The maximum Gasteiger partial charge on any atom is 0.323 e. The Hall–Kier alpha value is -1.41. The number of carboxylic acids is 1. The van der Waals surface area contributed by atoms with E-state index >= 15 is 0 Å².